The van der Waals surface area contributed by atoms with Gasteiger partial charge in [0, 0.05) is 5.56 Å². The standard InChI is InChI=1S/C18H15FN4O2/c1-25-17-5-3-2-4-14(17)15-10-16(22-21-15)18(24)23-20-11-12-6-8-13(19)9-7-12/h2-11H,1H3,(H,21,22)(H,23,24)/b20-11-. The summed E-state index contributed by atoms with van der Waals surface area (Å²) in [6, 6.07) is 14.7. The number of hydrogen-bond donors (Lipinski definition) is 2. The number of halogens is 1. The SMILES string of the molecule is COc1ccccc1-c1cc(C(=O)N/N=C\c2ccc(F)cc2)[nH]n1. The van der Waals surface area contributed by atoms with Crippen LogP contribution in [0.5, 0.6) is 5.75 Å². The molecule has 0 atom stereocenters. The number of H-pyrrole nitrogens is 1. The summed E-state index contributed by atoms with van der Waals surface area (Å²) in [6.07, 6.45) is 1.43. The summed E-state index contributed by atoms with van der Waals surface area (Å²) in [6.45, 7) is 0. The molecule has 3 rings (SSSR count). The zero-order valence-corrected chi connectivity index (χ0v) is 13.4. The number of aromatic nitrogens is 2. The van der Waals surface area contributed by atoms with Crippen LogP contribution >= 0.6 is 0 Å². The molecule has 2 aromatic carbocycles. The minimum absolute atomic E-state index is 0.261. The molecule has 0 radical (unpaired) electrons. The number of methoxy groups -OCH3 is 1. The summed E-state index contributed by atoms with van der Waals surface area (Å²) in [4.78, 5) is 12.1. The molecular formula is C18H15FN4O2. The van der Waals surface area contributed by atoms with Crippen molar-refractivity contribution in [3.8, 4) is 17.0 Å². The summed E-state index contributed by atoms with van der Waals surface area (Å²) < 4.78 is 18.1. The minimum Gasteiger partial charge on any atom is -0.496 e. The number of benzene rings is 2. The molecule has 7 heteroatoms. The lowest BCUT2D eigenvalue weighted by atomic mass is 10.1. The van der Waals surface area contributed by atoms with E-state index in [2.05, 4.69) is 20.7 Å². The molecule has 25 heavy (non-hydrogen) atoms. The van der Waals surface area contributed by atoms with Crippen molar-refractivity contribution in [2.45, 2.75) is 0 Å². The van der Waals surface area contributed by atoms with E-state index in [1.165, 1.54) is 18.3 Å². The van der Waals surface area contributed by atoms with Crippen LogP contribution in [-0.4, -0.2) is 29.4 Å². The van der Waals surface area contributed by atoms with Crippen LogP contribution in [0, 0.1) is 5.82 Å². The van der Waals surface area contributed by atoms with Crippen LogP contribution in [0.1, 0.15) is 16.1 Å². The Balaban J connectivity index is 1.69. The highest BCUT2D eigenvalue weighted by Crippen LogP contribution is 2.28. The van der Waals surface area contributed by atoms with Crippen LogP contribution in [0.15, 0.2) is 59.7 Å². The van der Waals surface area contributed by atoms with E-state index in [1.54, 1.807) is 25.3 Å². The van der Waals surface area contributed by atoms with Crippen LogP contribution < -0.4 is 10.2 Å². The van der Waals surface area contributed by atoms with Gasteiger partial charge in [0.2, 0.25) is 0 Å². The van der Waals surface area contributed by atoms with E-state index in [0.717, 1.165) is 5.56 Å². The molecule has 0 fully saturated rings. The minimum atomic E-state index is -0.438. The van der Waals surface area contributed by atoms with Crippen LogP contribution in [-0.2, 0) is 0 Å². The molecule has 0 aliphatic rings. The van der Waals surface area contributed by atoms with E-state index in [-0.39, 0.29) is 11.5 Å². The second-order valence-electron chi connectivity index (χ2n) is 5.12. The van der Waals surface area contributed by atoms with Crippen LogP contribution in [0.2, 0.25) is 0 Å². The Morgan fingerprint density at radius 1 is 1.24 bits per heavy atom. The quantitative estimate of drug-likeness (QED) is 0.554. The Morgan fingerprint density at radius 3 is 2.76 bits per heavy atom. The topological polar surface area (TPSA) is 79.4 Å². The zero-order valence-electron chi connectivity index (χ0n) is 13.4. The van der Waals surface area contributed by atoms with Gasteiger partial charge in [0.1, 0.15) is 17.3 Å². The molecule has 0 bridgehead atoms. The monoisotopic (exact) mass is 338 g/mol. The Morgan fingerprint density at radius 2 is 2.00 bits per heavy atom. The molecule has 6 nitrogen and oxygen atoms in total. The first-order chi connectivity index (χ1) is 12.2. The highest BCUT2D eigenvalue weighted by Gasteiger charge is 2.13. The molecule has 1 aromatic heterocycles. The molecule has 0 unspecified atom stereocenters. The molecule has 1 heterocycles. The number of ether oxygens (including phenoxy) is 1. The fourth-order valence-corrected chi connectivity index (χ4v) is 2.21. The maximum absolute atomic E-state index is 12.8. The molecular weight excluding hydrogens is 323 g/mol. The zero-order chi connectivity index (χ0) is 17.6. The lowest BCUT2D eigenvalue weighted by Gasteiger charge is -2.04. The summed E-state index contributed by atoms with van der Waals surface area (Å²) in [5, 5.41) is 10.6. The van der Waals surface area contributed by atoms with Crippen molar-refractivity contribution in [2.24, 2.45) is 5.10 Å². The number of carbonyl (C=O) groups is 1. The summed E-state index contributed by atoms with van der Waals surface area (Å²) in [5.41, 5.74) is 4.68. The van der Waals surface area contributed by atoms with Gasteiger partial charge in [0.25, 0.3) is 5.91 Å². The Labute approximate surface area is 143 Å². The van der Waals surface area contributed by atoms with Crippen molar-refractivity contribution < 1.29 is 13.9 Å². The van der Waals surface area contributed by atoms with E-state index >= 15 is 0 Å². The Bertz CT molecular complexity index is 903. The van der Waals surface area contributed by atoms with Gasteiger partial charge in [0.05, 0.1) is 19.0 Å². The summed E-state index contributed by atoms with van der Waals surface area (Å²) >= 11 is 0. The van der Waals surface area contributed by atoms with Gasteiger partial charge in [-0.25, -0.2) is 9.82 Å². The van der Waals surface area contributed by atoms with Gasteiger partial charge in [-0.15, -0.1) is 0 Å². The Hall–Kier alpha value is -3.48. The van der Waals surface area contributed by atoms with E-state index in [4.69, 9.17) is 4.74 Å². The van der Waals surface area contributed by atoms with Gasteiger partial charge in [-0.3, -0.25) is 9.89 Å². The van der Waals surface area contributed by atoms with Crippen molar-refractivity contribution in [3.63, 3.8) is 0 Å². The first kappa shape index (κ1) is 16.4. The molecule has 1 amide bonds. The second-order valence-corrected chi connectivity index (χ2v) is 5.12. The Kier molecular flexibility index (Phi) is 4.84. The molecule has 2 N–H and O–H groups in total. The summed E-state index contributed by atoms with van der Waals surface area (Å²) in [5.74, 6) is -0.107. The maximum atomic E-state index is 12.8. The fourth-order valence-electron chi connectivity index (χ4n) is 2.21. The highest BCUT2D eigenvalue weighted by atomic mass is 19.1. The maximum Gasteiger partial charge on any atom is 0.289 e. The van der Waals surface area contributed by atoms with Crippen molar-refractivity contribution in [3.05, 3.63) is 71.7 Å². The first-order valence-corrected chi connectivity index (χ1v) is 7.45. The number of hydrazone groups is 1. The average molecular weight is 338 g/mol. The third kappa shape index (κ3) is 3.89. The first-order valence-electron chi connectivity index (χ1n) is 7.45. The van der Waals surface area contributed by atoms with Gasteiger partial charge < -0.3 is 4.74 Å². The molecule has 0 saturated heterocycles. The van der Waals surface area contributed by atoms with Gasteiger partial charge in [-0.2, -0.15) is 10.2 Å². The highest BCUT2D eigenvalue weighted by molar-refractivity contribution is 5.94. The van der Waals surface area contributed by atoms with Crippen LogP contribution in [0.4, 0.5) is 4.39 Å². The third-order valence-electron chi connectivity index (χ3n) is 3.46. The number of rotatable bonds is 5. The van der Waals surface area contributed by atoms with E-state index in [0.29, 0.717) is 17.0 Å². The number of amides is 1. The molecule has 0 aliphatic carbocycles. The predicted molar refractivity (Wildman–Crippen MR) is 92.0 cm³/mol. The normalized spacial score (nSPS) is 10.8. The lowest BCUT2D eigenvalue weighted by molar-refractivity contribution is 0.0950. The van der Waals surface area contributed by atoms with Crippen molar-refractivity contribution in [1.82, 2.24) is 15.6 Å². The second kappa shape index (κ2) is 7.39. The molecule has 0 aliphatic heterocycles. The fraction of sp³-hybridized carbons (Fsp3) is 0.0556. The number of nitrogens with one attached hydrogen (secondary N) is 2. The van der Waals surface area contributed by atoms with Gasteiger partial charge >= 0.3 is 0 Å². The lowest BCUT2D eigenvalue weighted by Crippen LogP contribution is -2.17. The largest absolute Gasteiger partial charge is 0.496 e. The number of para-hydroxylation sites is 1. The van der Waals surface area contributed by atoms with E-state index < -0.39 is 5.91 Å². The van der Waals surface area contributed by atoms with Crippen LogP contribution in [0.25, 0.3) is 11.3 Å². The number of hydrogen-bond acceptors (Lipinski definition) is 4. The third-order valence-corrected chi connectivity index (χ3v) is 3.46. The van der Waals surface area contributed by atoms with Crippen molar-refractivity contribution >= 4 is 12.1 Å². The summed E-state index contributed by atoms with van der Waals surface area (Å²) in [7, 11) is 1.57. The molecule has 0 spiro atoms. The molecule has 126 valence electrons. The van der Waals surface area contributed by atoms with Crippen molar-refractivity contribution in [1.29, 1.82) is 0 Å². The van der Waals surface area contributed by atoms with Crippen LogP contribution in [0.3, 0.4) is 0 Å². The van der Waals surface area contributed by atoms with Crippen molar-refractivity contribution in [2.75, 3.05) is 7.11 Å². The molecule has 0 saturated carbocycles. The van der Waals surface area contributed by atoms with Gasteiger partial charge in [-0.05, 0) is 35.9 Å². The van der Waals surface area contributed by atoms with E-state index in [1.807, 2.05) is 24.3 Å². The molecule has 3 aromatic rings. The number of aromatic amines is 1. The number of nitrogens with zero attached hydrogens (tertiary/aromatic N) is 2. The average Bonchev–Trinajstić information content (AvgIpc) is 3.13. The van der Waals surface area contributed by atoms with E-state index in [9.17, 15) is 9.18 Å². The predicted octanol–water partition coefficient (Wildman–Crippen LogP) is 2.99. The number of carbonyl (C=O) groups excluding carboxylic acids is 1. The van der Waals surface area contributed by atoms with Gasteiger partial charge in [-0.1, -0.05) is 24.3 Å². The smallest absolute Gasteiger partial charge is 0.289 e. The van der Waals surface area contributed by atoms with Gasteiger partial charge in [0.15, 0.2) is 0 Å².